The Hall–Kier alpha value is -1.64. The van der Waals surface area contributed by atoms with Crippen LogP contribution in [0.15, 0.2) is 34.1 Å². The number of amides is 1. The number of halogens is 1. The van der Waals surface area contributed by atoms with Crippen LogP contribution in [0.1, 0.15) is 5.69 Å². The highest BCUT2D eigenvalue weighted by molar-refractivity contribution is 9.10. The van der Waals surface area contributed by atoms with Crippen molar-refractivity contribution in [3.63, 3.8) is 0 Å². The van der Waals surface area contributed by atoms with E-state index >= 15 is 0 Å². The molecular weight excluding hydrogens is 324 g/mol. The van der Waals surface area contributed by atoms with Crippen LogP contribution in [-0.4, -0.2) is 17.4 Å². The standard InChI is InChI=1S/C14H11BrN2OS/c1-2-6-16-13(18)8-12-9-19-14(17-12)10-4-3-5-11(15)7-10/h1,3-5,7,9H,6,8H2,(H,16,18). The van der Waals surface area contributed by atoms with Crippen molar-refractivity contribution in [3.05, 3.63) is 39.8 Å². The van der Waals surface area contributed by atoms with Crippen LogP contribution in [0, 0.1) is 12.3 Å². The Morgan fingerprint density at radius 3 is 3.11 bits per heavy atom. The van der Waals surface area contributed by atoms with Crippen molar-refractivity contribution in [3.8, 4) is 22.9 Å². The normalized spacial score (nSPS) is 9.89. The van der Waals surface area contributed by atoms with Crippen molar-refractivity contribution in [2.24, 2.45) is 0 Å². The minimum absolute atomic E-state index is 0.107. The lowest BCUT2D eigenvalue weighted by Gasteiger charge is -1.98. The van der Waals surface area contributed by atoms with E-state index < -0.39 is 0 Å². The van der Waals surface area contributed by atoms with Crippen molar-refractivity contribution < 1.29 is 4.79 Å². The van der Waals surface area contributed by atoms with Gasteiger partial charge in [-0.1, -0.05) is 34.0 Å². The van der Waals surface area contributed by atoms with E-state index in [9.17, 15) is 4.79 Å². The Kier molecular flexibility index (Phi) is 4.72. The first-order valence-corrected chi connectivity index (χ1v) is 7.27. The molecule has 1 aromatic carbocycles. The molecule has 0 saturated carbocycles. The first kappa shape index (κ1) is 13.8. The maximum Gasteiger partial charge on any atom is 0.226 e. The third-order valence-electron chi connectivity index (χ3n) is 2.35. The lowest BCUT2D eigenvalue weighted by molar-refractivity contribution is -0.120. The summed E-state index contributed by atoms with van der Waals surface area (Å²) in [7, 11) is 0. The summed E-state index contributed by atoms with van der Waals surface area (Å²) in [6.45, 7) is 0.251. The highest BCUT2D eigenvalue weighted by Crippen LogP contribution is 2.26. The van der Waals surface area contributed by atoms with Gasteiger partial charge in [-0.2, -0.15) is 0 Å². The molecule has 2 rings (SSSR count). The third kappa shape index (κ3) is 3.91. The van der Waals surface area contributed by atoms with Crippen LogP contribution in [-0.2, 0) is 11.2 Å². The average molecular weight is 335 g/mol. The summed E-state index contributed by atoms with van der Waals surface area (Å²) in [5.74, 6) is 2.26. The van der Waals surface area contributed by atoms with Gasteiger partial charge in [0.05, 0.1) is 18.7 Å². The number of nitrogens with zero attached hydrogens (tertiary/aromatic N) is 1. The largest absolute Gasteiger partial charge is 0.345 e. The molecule has 0 aliphatic carbocycles. The maximum absolute atomic E-state index is 11.5. The van der Waals surface area contributed by atoms with Crippen molar-refractivity contribution in [2.45, 2.75) is 6.42 Å². The van der Waals surface area contributed by atoms with Crippen molar-refractivity contribution in [2.75, 3.05) is 6.54 Å². The maximum atomic E-state index is 11.5. The molecule has 1 aromatic heterocycles. The van der Waals surface area contributed by atoms with Gasteiger partial charge in [-0.05, 0) is 12.1 Å². The number of carbonyl (C=O) groups is 1. The summed E-state index contributed by atoms with van der Waals surface area (Å²) in [6.07, 6.45) is 5.34. The molecule has 0 unspecified atom stereocenters. The van der Waals surface area contributed by atoms with Gasteiger partial charge < -0.3 is 5.32 Å². The van der Waals surface area contributed by atoms with Gasteiger partial charge in [0.15, 0.2) is 0 Å². The molecule has 0 bridgehead atoms. The van der Waals surface area contributed by atoms with E-state index in [2.05, 4.69) is 32.2 Å². The van der Waals surface area contributed by atoms with Gasteiger partial charge in [0.1, 0.15) is 5.01 Å². The molecule has 96 valence electrons. The van der Waals surface area contributed by atoms with E-state index in [1.54, 1.807) is 0 Å². The Morgan fingerprint density at radius 2 is 2.37 bits per heavy atom. The van der Waals surface area contributed by atoms with Crippen molar-refractivity contribution in [1.82, 2.24) is 10.3 Å². The first-order valence-electron chi connectivity index (χ1n) is 5.59. The Balaban J connectivity index is 2.07. The number of thiazole rings is 1. The topological polar surface area (TPSA) is 42.0 Å². The van der Waals surface area contributed by atoms with Gasteiger partial charge in [0.25, 0.3) is 0 Å². The van der Waals surface area contributed by atoms with E-state index in [-0.39, 0.29) is 18.9 Å². The van der Waals surface area contributed by atoms with Crippen molar-refractivity contribution >= 4 is 33.2 Å². The fourth-order valence-corrected chi connectivity index (χ4v) is 2.73. The minimum atomic E-state index is -0.107. The molecule has 0 aliphatic rings. The molecule has 0 spiro atoms. The van der Waals surface area contributed by atoms with Crippen LogP contribution in [0.5, 0.6) is 0 Å². The fourth-order valence-electron chi connectivity index (χ4n) is 1.52. The van der Waals surface area contributed by atoms with Gasteiger partial charge in [0, 0.05) is 15.4 Å². The summed E-state index contributed by atoms with van der Waals surface area (Å²) in [5, 5.41) is 5.42. The van der Waals surface area contributed by atoms with Gasteiger partial charge in [0.2, 0.25) is 5.91 Å². The second-order valence-corrected chi connectivity index (χ2v) is 5.59. The number of aromatic nitrogens is 1. The van der Waals surface area contributed by atoms with Crippen LogP contribution in [0.3, 0.4) is 0 Å². The quantitative estimate of drug-likeness (QED) is 0.873. The number of terminal acetylenes is 1. The highest BCUT2D eigenvalue weighted by atomic mass is 79.9. The molecule has 5 heteroatoms. The molecule has 1 amide bonds. The number of rotatable bonds is 4. The monoisotopic (exact) mass is 334 g/mol. The van der Waals surface area contributed by atoms with E-state index in [0.29, 0.717) is 0 Å². The van der Waals surface area contributed by atoms with Crippen molar-refractivity contribution in [1.29, 1.82) is 0 Å². The molecule has 0 radical (unpaired) electrons. The predicted octanol–water partition coefficient (Wildman–Crippen LogP) is 2.86. The number of carbonyl (C=O) groups excluding carboxylic acids is 1. The molecule has 1 N–H and O–H groups in total. The smallest absolute Gasteiger partial charge is 0.226 e. The van der Waals surface area contributed by atoms with E-state index in [1.165, 1.54) is 11.3 Å². The molecule has 0 fully saturated rings. The summed E-state index contributed by atoms with van der Waals surface area (Å²) in [6, 6.07) is 7.91. The molecule has 1 heterocycles. The van der Waals surface area contributed by atoms with Gasteiger partial charge in [-0.3, -0.25) is 4.79 Å². The van der Waals surface area contributed by atoms with Crippen LogP contribution in [0.2, 0.25) is 0 Å². The van der Waals surface area contributed by atoms with Crippen LogP contribution in [0.25, 0.3) is 10.6 Å². The van der Waals surface area contributed by atoms with Gasteiger partial charge in [-0.25, -0.2) is 4.98 Å². The van der Waals surface area contributed by atoms with E-state index in [0.717, 1.165) is 20.7 Å². The zero-order valence-corrected chi connectivity index (χ0v) is 12.4. The number of benzene rings is 1. The summed E-state index contributed by atoms with van der Waals surface area (Å²) in [5.41, 5.74) is 1.80. The minimum Gasteiger partial charge on any atom is -0.345 e. The first-order chi connectivity index (χ1) is 9.19. The zero-order chi connectivity index (χ0) is 13.7. The second kappa shape index (κ2) is 6.50. The molecule has 19 heavy (non-hydrogen) atoms. The number of hydrogen-bond donors (Lipinski definition) is 1. The second-order valence-electron chi connectivity index (χ2n) is 3.81. The molecule has 3 nitrogen and oxygen atoms in total. The van der Waals surface area contributed by atoms with Crippen LogP contribution < -0.4 is 5.32 Å². The van der Waals surface area contributed by atoms with E-state index in [1.807, 2.05) is 29.6 Å². The highest BCUT2D eigenvalue weighted by Gasteiger charge is 2.08. The SMILES string of the molecule is C#CCNC(=O)Cc1csc(-c2cccc(Br)c2)n1. The lowest BCUT2D eigenvalue weighted by atomic mass is 10.2. The molecule has 0 saturated heterocycles. The predicted molar refractivity (Wildman–Crippen MR) is 80.8 cm³/mol. The summed E-state index contributed by atoms with van der Waals surface area (Å²) in [4.78, 5) is 16.0. The molecule has 0 atom stereocenters. The van der Waals surface area contributed by atoms with Crippen LogP contribution >= 0.6 is 27.3 Å². The van der Waals surface area contributed by atoms with E-state index in [4.69, 9.17) is 6.42 Å². The zero-order valence-electron chi connectivity index (χ0n) is 10.0. The number of nitrogens with one attached hydrogen (secondary N) is 1. The summed E-state index contributed by atoms with van der Waals surface area (Å²) < 4.78 is 1.01. The van der Waals surface area contributed by atoms with Gasteiger partial charge in [-0.15, -0.1) is 17.8 Å². The lowest BCUT2D eigenvalue weighted by Crippen LogP contribution is -2.25. The Bertz CT molecular complexity index is 630. The van der Waals surface area contributed by atoms with Gasteiger partial charge >= 0.3 is 0 Å². The molecular formula is C14H11BrN2OS. The van der Waals surface area contributed by atoms with Crippen LogP contribution in [0.4, 0.5) is 0 Å². The Labute approximate surface area is 124 Å². The molecule has 2 aromatic rings. The molecule has 0 aliphatic heterocycles. The fraction of sp³-hybridized carbons (Fsp3) is 0.143. The third-order valence-corrected chi connectivity index (χ3v) is 3.79. The average Bonchev–Trinajstić information content (AvgIpc) is 2.85. The number of hydrogen-bond acceptors (Lipinski definition) is 3. The summed E-state index contributed by atoms with van der Waals surface area (Å²) >= 11 is 4.95. The Morgan fingerprint density at radius 1 is 1.53 bits per heavy atom.